The predicted octanol–water partition coefficient (Wildman–Crippen LogP) is 3.02. The van der Waals surface area contributed by atoms with Crippen molar-refractivity contribution in [3.8, 4) is 16.3 Å². The number of ether oxygens (including phenoxy) is 2. The molecule has 1 fully saturated rings. The second-order valence-corrected chi connectivity index (χ2v) is 7.98. The third-order valence-electron chi connectivity index (χ3n) is 4.65. The van der Waals surface area contributed by atoms with E-state index in [0.29, 0.717) is 35.1 Å². The molecule has 7 nitrogen and oxygen atoms in total. The molecule has 1 saturated heterocycles. The number of carbonyl (C=O) groups is 1. The maximum atomic E-state index is 12.0. The summed E-state index contributed by atoms with van der Waals surface area (Å²) in [6, 6.07) is 5.64. The summed E-state index contributed by atoms with van der Waals surface area (Å²) in [5, 5.41) is 1.43. The summed E-state index contributed by atoms with van der Waals surface area (Å²) in [6.45, 7) is 3.04. The van der Waals surface area contributed by atoms with E-state index < -0.39 is 5.91 Å². The summed E-state index contributed by atoms with van der Waals surface area (Å²) in [5.41, 5.74) is 8.60. The molecule has 3 aromatic rings. The van der Waals surface area contributed by atoms with Gasteiger partial charge in [0.2, 0.25) is 5.91 Å². The summed E-state index contributed by atoms with van der Waals surface area (Å²) < 4.78 is 12.0. The first-order valence-electron chi connectivity index (χ1n) is 8.77. The Morgan fingerprint density at radius 3 is 2.79 bits per heavy atom. The first-order chi connectivity index (χ1) is 13.6. The third kappa shape index (κ3) is 3.30. The van der Waals surface area contributed by atoms with Crippen molar-refractivity contribution in [3.63, 3.8) is 0 Å². The molecule has 0 spiro atoms. The highest BCUT2D eigenvalue weighted by molar-refractivity contribution is 7.98. The van der Waals surface area contributed by atoms with Gasteiger partial charge in [0.25, 0.3) is 0 Å². The van der Waals surface area contributed by atoms with Crippen molar-refractivity contribution in [2.75, 3.05) is 44.6 Å². The lowest BCUT2D eigenvalue weighted by Gasteiger charge is -2.29. The van der Waals surface area contributed by atoms with E-state index in [2.05, 4.69) is 16.0 Å². The Bertz CT molecular complexity index is 1030. The number of aromatic nitrogens is 2. The summed E-state index contributed by atoms with van der Waals surface area (Å²) in [4.78, 5) is 23.6. The molecule has 146 valence electrons. The number of thioether (sulfide) groups is 1. The molecule has 2 aromatic heterocycles. The highest BCUT2D eigenvalue weighted by Gasteiger charge is 2.23. The van der Waals surface area contributed by atoms with Crippen LogP contribution in [-0.4, -0.2) is 55.5 Å². The number of methoxy groups -OCH3 is 1. The average Bonchev–Trinajstić information content (AvgIpc) is 3.18. The number of nitrogens with two attached hydrogens (primary N) is 1. The van der Waals surface area contributed by atoms with Crippen molar-refractivity contribution in [3.05, 3.63) is 30.0 Å². The molecule has 1 aromatic carbocycles. The Kier molecular flexibility index (Phi) is 5.38. The second-order valence-electron chi connectivity index (χ2n) is 6.19. The number of nitrogens with zero attached hydrogens (tertiary/aromatic N) is 3. The first kappa shape index (κ1) is 19.0. The smallest absolute Gasteiger partial charge is 0.249 e. The highest BCUT2D eigenvalue weighted by atomic mass is 32.2. The zero-order valence-electron chi connectivity index (χ0n) is 15.6. The Morgan fingerprint density at radius 2 is 2.11 bits per heavy atom. The first-order valence-corrected chi connectivity index (χ1v) is 10.8. The van der Waals surface area contributed by atoms with Crippen molar-refractivity contribution < 1.29 is 14.3 Å². The van der Waals surface area contributed by atoms with E-state index in [4.69, 9.17) is 20.2 Å². The number of hydrogen-bond donors (Lipinski definition) is 1. The molecule has 0 bridgehead atoms. The van der Waals surface area contributed by atoms with Gasteiger partial charge < -0.3 is 20.1 Å². The fraction of sp³-hybridized carbons (Fsp3) is 0.316. The summed E-state index contributed by atoms with van der Waals surface area (Å²) in [7, 11) is 1.63. The van der Waals surface area contributed by atoms with Crippen LogP contribution in [0, 0.1) is 0 Å². The van der Waals surface area contributed by atoms with E-state index in [1.807, 2.05) is 12.3 Å². The molecular formula is C19H20N4O3S2. The van der Waals surface area contributed by atoms with Crippen LogP contribution in [0.5, 0.6) is 5.75 Å². The van der Waals surface area contributed by atoms with E-state index in [-0.39, 0.29) is 0 Å². The molecule has 3 heterocycles. The van der Waals surface area contributed by atoms with Crippen LogP contribution < -0.4 is 15.4 Å². The van der Waals surface area contributed by atoms with Crippen LogP contribution >= 0.6 is 23.1 Å². The minimum absolute atomic E-state index is 0.422. The lowest BCUT2D eigenvalue weighted by molar-refractivity contribution is 0.100. The number of benzene rings is 1. The van der Waals surface area contributed by atoms with Gasteiger partial charge in [-0.2, -0.15) is 0 Å². The monoisotopic (exact) mass is 416 g/mol. The Balaban J connectivity index is 1.94. The molecule has 1 aliphatic heterocycles. The number of anilines is 1. The van der Waals surface area contributed by atoms with Crippen molar-refractivity contribution in [2.24, 2.45) is 5.73 Å². The van der Waals surface area contributed by atoms with Crippen LogP contribution in [0.4, 0.5) is 5.69 Å². The normalized spacial score (nSPS) is 14.4. The van der Waals surface area contributed by atoms with Gasteiger partial charge in [0, 0.05) is 19.3 Å². The number of carbonyl (C=O) groups excluding carboxylic acids is 1. The quantitative estimate of drug-likeness (QED) is 0.639. The van der Waals surface area contributed by atoms with Crippen LogP contribution in [-0.2, 0) is 4.74 Å². The van der Waals surface area contributed by atoms with Gasteiger partial charge in [-0.05, 0) is 24.5 Å². The maximum Gasteiger partial charge on any atom is 0.249 e. The molecular weight excluding hydrogens is 396 g/mol. The van der Waals surface area contributed by atoms with Gasteiger partial charge >= 0.3 is 0 Å². The molecule has 0 unspecified atom stereocenters. The Labute approximate surface area is 170 Å². The van der Waals surface area contributed by atoms with Gasteiger partial charge in [0.15, 0.2) is 0 Å². The van der Waals surface area contributed by atoms with Crippen molar-refractivity contribution in [1.29, 1.82) is 0 Å². The summed E-state index contributed by atoms with van der Waals surface area (Å²) in [5.74, 6) is 0.206. The zero-order valence-corrected chi connectivity index (χ0v) is 17.2. The van der Waals surface area contributed by atoms with Crippen LogP contribution in [0.1, 0.15) is 10.4 Å². The molecule has 1 aliphatic rings. The van der Waals surface area contributed by atoms with Gasteiger partial charge in [0.05, 0.1) is 41.8 Å². The molecule has 1 amide bonds. The Morgan fingerprint density at radius 1 is 1.32 bits per heavy atom. The van der Waals surface area contributed by atoms with Crippen LogP contribution in [0.25, 0.3) is 20.8 Å². The highest BCUT2D eigenvalue weighted by Crippen LogP contribution is 2.43. The van der Waals surface area contributed by atoms with Crippen molar-refractivity contribution in [1.82, 2.24) is 9.97 Å². The number of pyridine rings is 1. The molecule has 4 rings (SSSR count). The minimum atomic E-state index is -0.493. The minimum Gasteiger partial charge on any atom is -0.494 e. The van der Waals surface area contributed by atoms with Gasteiger partial charge in [0.1, 0.15) is 21.3 Å². The fourth-order valence-electron chi connectivity index (χ4n) is 3.30. The van der Waals surface area contributed by atoms with Crippen LogP contribution in [0.15, 0.2) is 29.4 Å². The van der Waals surface area contributed by atoms with Gasteiger partial charge in [-0.1, -0.05) is 0 Å². The number of primary amides is 1. The van der Waals surface area contributed by atoms with E-state index in [9.17, 15) is 4.79 Å². The van der Waals surface area contributed by atoms with Crippen molar-refractivity contribution >= 4 is 44.9 Å². The third-order valence-corrected chi connectivity index (χ3v) is 6.44. The van der Waals surface area contributed by atoms with Gasteiger partial charge in [-0.3, -0.25) is 4.79 Å². The molecule has 0 radical (unpaired) electrons. The number of morpholine rings is 1. The van der Waals surface area contributed by atoms with Gasteiger partial charge in [-0.25, -0.2) is 9.97 Å². The summed E-state index contributed by atoms with van der Waals surface area (Å²) in [6.07, 6.45) is 3.52. The molecule has 9 heteroatoms. The summed E-state index contributed by atoms with van der Waals surface area (Å²) >= 11 is 2.99. The molecule has 28 heavy (non-hydrogen) atoms. The standard InChI is InChI=1S/C19H20N4O3S2/c1-25-13-4-3-12(23-7-9-26-10-8-23)16-15(13)22-19(28-16)14-11(17(20)24)5-6-21-18(14)27-2/h3-6H,7-10H2,1-2H3,(H2,20,24). The molecule has 2 N–H and O–H groups in total. The van der Waals surface area contributed by atoms with Crippen LogP contribution in [0.2, 0.25) is 0 Å². The number of rotatable bonds is 5. The molecule has 0 saturated carbocycles. The zero-order chi connectivity index (χ0) is 19.7. The molecule has 0 aliphatic carbocycles. The second kappa shape index (κ2) is 7.94. The lowest BCUT2D eigenvalue weighted by atomic mass is 10.1. The maximum absolute atomic E-state index is 12.0. The Hall–Kier alpha value is -2.36. The number of fused-ring (bicyclic) bond motifs is 1. The van der Waals surface area contributed by atoms with E-state index >= 15 is 0 Å². The van der Waals surface area contributed by atoms with Gasteiger partial charge in [-0.15, -0.1) is 23.1 Å². The number of hydrogen-bond acceptors (Lipinski definition) is 8. The largest absolute Gasteiger partial charge is 0.494 e. The fourth-order valence-corrected chi connectivity index (χ4v) is 5.13. The molecule has 0 atom stereocenters. The number of thiazole rings is 1. The van der Waals surface area contributed by atoms with E-state index in [1.165, 1.54) is 23.1 Å². The SMILES string of the molecule is COc1ccc(N2CCOCC2)c2sc(-c3c(C(N)=O)ccnc3SC)nc12. The van der Waals surface area contributed by atoms with Crippen LogP contribution in [0.3, 0.4) is 0 Å². The average molecular weight is 417 g/mol. The topological polar surface area (TPSA) is 90.6 Å². The lowest BCUT2D eigenvalue weighted by Crippen LogP contribution is -2.36. The number of amides is 1. The predicted molar refractivity (Wildman–Crippen MR) is 113 cm³/mol. The van der Waals surface area contributed by atoms with E-state index in [0.717, 1.165) is 34.0 Å². The van der Waals surface area contributed by atoms with Crippen molar-refractivity contribution in [2.45, 2.75) is 5.03 Å². The van der Waals surface area contributed by atoms with E-state index in [1.54, 1.807) is 19.4 Å².